The summed E-state index contributed by atoms with van der Waals surface area (Å²) in [5, 5.41) is 13.3. The molecule has 0 saturated carbocycles. The van der Waals surface area contributed by atoms with Gasteiger partial charge >= 0.3 is 0 Å². The van der Waals surface area contributed by atoms with Crippen molar-refractivity contribution < 1.29 is 0 Å². The van der Waals surface area contributed by atoms with Gasteiger partial charge in [0.15, 0.2) is 0 Å². The van der Waals surface area contributed by atoms with E-state index >= 15 is 0 Å². The van der Waals surface area contributed by atoms with E-state index in [0.717, 1.165) is 22.3 Å². The quantitative estimate of drug-likeness (QED) is 0.724. The summed E-state index contributed by atoms with van der Waals surface area (Å²) in [6.45, 7) is 2.04. The lowest BCUT2D eigenvalue weighted by Crippen LogP contribution is -2.27. The van der Waals surface area contributed by atoms with Gasteiger partial charge in [-0.25, -0.2) is 0 Å². The Kier molecular flexibility index (Phi) is 5.05. The summed E-state index contributed by atoms with van der Waals surface area (Å²) in [5.74, 6) is 0. The van der Waals surface area contributed by atoms with Crippen molar-refractivity contribution in [2.24, 2.45) is 0 Å². The maximum atomic E-state index is 9.73. The summed E-state index contributed by atoms with van der Waals surface area (Å²) in [6, 6.07) is 30.6. The number of nitrogens with zero attached hydrogens (tertiary/aromatic N) is 1. The number of benzene rings is 3. The average molecular weight is 312 g/mol. The Bertz CT molecular complexity index is 780. The molecule has 2 nitrogen and oxygen atoms in total. The summed E-state index contributed by atoms with van der Waals surface area (Å²) in [5.41, 5.74) is 4.45. The van der Waals surface area contributed by atoms with Gasteiger partial charge in [-0.1, -0.05) is 84.9 Å². The number of hydrogen-bond donors (Lipinski definition) is 1. The third-order valence-electron chi connectivity index (χ3n) is 4.23. The molecule has 0 fully saturated rings. The minimum Gasteiger partial charge on any atom is -0.287 e. The Labute approximate surface area is 143 Å². The number of aryl methyl sites for hydroxylation is 1. The molecule has 0 aliphatic heterocycles. The number of nitriles is 1. The third-order valence-corrected chi connectivity index (χ3v) is 4.23. The first kappa shape index (κ1) is 16.0. The van der Waals surface area contributed by atoms with Crippen LogP contribution in [0.2, 0.25) is 0 Å². The van der Waals surface area contributed by atoms with E-state index in [1.807, 2.05) is 67.6 Å². The normalized spacial score (nSPS) is 11.9. The molecule has 0 radical (unpaired) electrons. The highest BCUT2D eigenvalue weighted by Crippen LogP contribution is 2.26. The van der Waals surface area contributed by atoms with E-state index in [-0.39, 0.29) is 12.1 Å². The molecule has 0 heterocycles. The van der Waals surface area contributed by atoms with Gasteiger partial charge < -0.3 is 0 Å². The molecule has 2 heteroatoms. The zero-order valence-electron chi connectivity index (χ0n) is 13.7. The van der Waals surface area contributed by atoms with Gasteiger partial charge in [-0.3, -0.25) is 5.32 Å². The first-order valence-electron chi connectivity index (χ1n) is 8.10. The predicted octanol–water partition coefficient (Wildman–Crippen LogP) is 4.94. The highest BCUT2D eigenvalue weighted by Gasteiger charge is 2.20. The minimum absolute atomic E-state index is 0.0309. The van der Waals surface area contributed by atoms with E-state index < -0.39 is 0 Å². The van der Waals surface area contributed by atoms with Crippen molar-refractivity contribution in [1.29, 1.82) is 5.26 Å². The summed E-state index contributed by atoms with van der Waals surface area (Å²) in [6.07, 6.45) is 0. The van der Waals surface area contributed by atoms with Crippen LogP contribution in [-0.2, 0) is 0 Å². The lowest BCUT2D eigenvalue weighted by atomic mass is 9.95. The Balaban J connectivity index is 1.98. The molecule has 1 N–H and O–H groups in total. The molecule has 3 aromatic rings. The van der Waals surface area contributed by atoms with Gasteiger partial charge in [-0.05, 0) is 29.2 Å². The summed E-state index contributed by atoms with van der Waals surface area (Å²) < 4.78 is 0. The predicted molar refractivity (Wildman–Crippen MR) is 97.4 cm³/mol. The molecular formula is C22H20N2. The van der Waals surface area contributed by atoms with Gasteiger partial charge in [0.1, 0.15) is 6.04 Å². The minimum atomic E-state index is -0.364. The molecule has 0 spiro atoms. The first-order valence-corrected chi connectivity index (χ1v) is 8.10. The fourth-order valence-corrected chi connectivity index (χ4v) is 2.95. The lowest BCUT2D eigenvalue weighted by Gasteiger charge is -2.24. The monoisotopic (exact) mass is 312 g/mol. The Hall–Kier alpha value is -2.89. The molecule has 0 aromatic heterocycles. The largest absolute Gasteiger partial charge is 0.287 e. The van der Waals surface area contributed by atoms with Crippen molar-refractivity contribution in [3.63, 3.8) is 0 Å². The molecule has 0 aliphatic carbocycles. The van der Waals surface area contributed by atoms with Crippen LogP contribution in [0.1, 0.15) is 34.3 Å². The summed E-state index contributed by atoms with van der Waals surface area (Å²) in [7, 11) is 0. The molecule has 0 aliphatic rings. The highest BCUT2D eigenvalue weighted by molar-refractivity contribution is 5.36. The lowest BCUT2D eigenvalue weighted by molar-refractivity contribution is 0.557. The molecular weight excluding hydrogens is 292 g/mol. The molecule has 0 amide bonds. The molecule has 0 bridgehead atoms. The van der Waals surface area contributed by atoms with Crippen LogP contribution < -0.4 is 5.32 Å². The van der Waals surface area contributed by atoms with E-state index in [2.05, 4.69) is 35.7 Å². The van der Waals surface area contributed by atoms with Crippen LogP contribution >= 0.6 is 0 Å². The number of rotatable bonds is 5. The molecule has 24 heavy (non-hydrogen) atoms. The maximum absolute atomic E-state index is 9.73. The molecule has 3 rings (SSSR count). The van der Waals surface area contributed by atoms with Gasteiger partial charge in [-0.15, -0.1) is 0 Å². The van der Waals surface area contributed by atoms with E-state index in [1.165, 1.54) is 0 Å². The zero-order valence-corrected chi connectivity index (χ0v) is 13.7. The first-order chi connectivity index (χ1) is 11.8. The second-order valence-corrected chi connectivity index (χ2v) is 5.84. The fourth-order valence-electron chi connectivity index (χ4n) is 2.95. The van der Waals surface area contributed by atoms with Crippen molar-refractivity contribution >= 4 is 0 Å². The van der Waals surface area contributed by atoms with Crippen molar-refractivity contribution in [3.8, 4) is 6.07 Å². The SMILES string of the molecule is Cc1ccccc1[C@H](C#N)NC(c1ccccc1)c1ccccc1. The van der Waals surface area contributed by atoms with Gasteiger partial charge in [0.05, 0.1) is 12.1 Å². The number of nitrogens with one attached hydrogen (secondary N) is 1. The van der Waals surface area contributed by atoms with Gasteiger partial charge in [-0.2, -0.15) is 5.26 Å². The average Bonchev–Trinajstić information content (AvgIpc) is 2.65. The molecule has 3 aromatic carbocycles. The van der Waals surface area contributed by atoms with Crippen LogP contribution in [0.5, 0.6) is 0 Å². The van der Waals surface area contributed by atoms with Crippen molar-refractivity contribution in [2.45, 2.75) is 19.0 Å². The highest BCUT2D eigenvalue weighted by atomic mass is 15.0. The molecule has 0 unspecified atom stereocenters. The van der Waals surface area contributed by atoms with Crippen LogP contribution in [0.15, 0.2) is 84.9 Å². The van der Waals surface area contributed by atoms with E-state index in [9.17, 15) is 5.26 Å². The molecule has 0 saturated heterocycles. The standard InChI is InChI=1S/C22H20N2/c1-17-10-8-9-15-20(17)21(16-23)24-22(18-11-4-2-5-12-18)19-13-6-3-7-14-19/h2-15,21-22,24H,1H3/t21-/m0/s1. The van der Waals surface area contributed by atoms with Gasteiger partial charge in [0, 0.05) is 0 Å². The summed E-state index contributed by atoms with van der Waals surface area (Å²) in [4.78, 5) is 0. The fraction of sp³-hybridized carbons (Fsp3) is 0.136. The van der Waals surface area contributed by atoms with Gasteiger partial charge in [0.2, 0.25) is 0 Å². The molecule has 118 valence electrons. The Morgan fingerprint density at radius 1 is 0.750 bits per heavy atom. The van der Waals surface area contributed by atoms with Crippen molar-refractivity contribution in [2.75, 3.05) is 0 Å². The smallest absolute Gasteiger partial charge is 0.122 e. The third kappa shape index (κ3) is 3.53. The maximum Gasteiger partial charge on any atom is 0.122 e. The topological polar surface area (TPSA) is 35.8 Å². The summed E-state index contributed by atoms with van der Waals surface area (Å²) >= 11 is 0. The van der Waals surface area contributed by atoms with Crippen LogP contribution in [-0.4, -0.2) is 0 Å². The van der Waals surface area contributed by atoms with Crippen LogP contribution in [0.4, 0.5) is 0 Å². The van der Waals surface area contributed by atoms with Gasteiger partial charge in [0.25, 0.3) is 0 Å². The zero-order chi connectivity index (χ0) is 16.8. The van der Waals surface area contributed by atoms with Crippen molar-refractivity contribution in [3.05, 3.63) is 107 Å². The van der Waals surface area contributed by atoms with Crippen LogP contribution in [0.25, 0.3) is 0 Å². The van der Waals surface area contributed by atoms with Crippen LogP contribution in [0, 0.1) is 18.3 Å². The second kappa shape index (κ2) is 7.59. The van der Waals surface area contributed by atoms with Crippen LogP contribution in [0.3, 0.4) is 0 Å². The van der Waals surface area contributed by atoms with E-state index in [1.54, 1.807) is 0 Å². The van der Waals surface area contributed by atoms with Crippen molar-refractivity contribution in [1.82, 2.24) is 5.32 Å². The van der Waals surface area contributed by atoms with E-state index in [0.29, 0.717) is 0 Å². The molecule has 1 atom stereocenters. The number of hydrogen-bond acceptors (Lipinski definition) is 2. The Morgan fingerprint density at radius 3 is 1.75 bits per heavy atom. The second-order valence-electron chi connectivity index (χ2n) is 5.84. The Morgan fingerprint density at radius 2 is 1.25 bits per heavy atom. The van der Waals surface area contributed by atoms with E-state index in [4.69, 9.17) is 0 Å².